The first-order valence-electron chi connectivity index (χ1n) is 5.03. The average molecular weight is 208 g/mol. The van der Waals surface area contributed by atoms with Crippen molar-refractivity contribution in [2.45, 2.75) is 44.5 Å². The van der Waals surface area contributed by atoms with Gasteiger partial charge in [-0.3, -0.25) is 0 Å². The van der Waals surface area contributed by atoms with Crippen LogP contribution in [0.5, 0.6) is 0 Å². The predicted octanol–water partition coefficient (Wildman–Crippen LogP) is 2.41. The molecule has 0 saturated heterocycles. The van der Waals surface area contributed by atoms with Gasteiger partial charge in [0, 0.05) is 25.1 Å². The summed E-state index contributed by atoms with van der Waals surface area (Å²) < 4.78 is 5.00. The van der Waals surface area contributed by atoms with Crippen molar-refractivity contribution in [1.29, 1.82) is 0 Å². The van der Waals surface area contributed by atoms with E-state index in [4.69, 9.17) is 16.3 Å². The first kappa shape index (κ1) is 13.2. The molecule has 0 rings (SSSR count). The number of alkyl halides is 1. The van der Waals surface area contributed by atoms with Crippen molar-refractivity contribution in [2.75, 3.05) is 20.3 Å². The van der Waals surface area contributed by atoms with Gasteiger partial charge >= 0.3 is 0 Å². The molecule has 2 unspecified atom stereocenters. The highest BCUT2D eigenvalue weighted by Crippen LogP contribution is 2.02. The molecule has 0 amide bonds. The molecular formula is C10H22ClNO. The van der Waals surface area contributed by atoms with E-state index in [-0.39, 0.29) is 0 Å². The summed E-state index contributed by atoms with van der Waals surface area (Å²) >= 11 is 5.83. The zero-order valence-corrected chi connectivity index (χ0v) is 9.73. The van der Waals surface area contributed by atoms with E-state index in [1.165, 1.54) is 0 Å². The topological polar surface area (TPSA) is 21.3 Å². The monoisotopic (exact) mass is 207 g/mol. The van der Waals surface area contributed by atoms with E-state index < -0.39 is 0 Å². The van der Waals surface area contributed by atoms with Crippen molar-refractivity contribution in [2.24, 2.45) is 0 Å². The van der Waals surface area contributed by atoms with E-state index in [1.807, 2.05) is 6.92 Å². The van der Waals surface area contributed by atoms with Crippen LogP contribution in [0.4, 0.5) is 0 Å². The molecule has 3 heteroatoms. The van der Waals surface area contributed by atoms with Crippen LogP contribution in [0.2, 0.25) is 0 Å². The quantitative estimate of drug-likeness (QED) is 0.488. The molecule has 2 nitrogen and oxygen atoms in total. The fourth-order valence-electron chi connectivity index (χ4n) is 1.13. The first-order chi connectivity index (χ1) is 6.16. The molecule has 0 aliphatic carbocycles. The van der Waals surface area contributed by atoms with Crippen molar-refractivity contribution in [1.82, 2.24) is 5.32 Å². The van der Waals surface area contributed by atoms with E-state index in [1.54, 1.807) is 7.11 Å². The summed E-state index contributed by atoms with van der Waals surface area (Å²) in [6.07, 6.45) is 3.32. The fourth-order valence-corrected chi connectivity index (χ4v) is 1.28. The highest BCUT2D eigenvalue weighted by Gasteiger charge is 2.00. The summed E-state index contributed by atoms with van der Waals surface area (Å²) in [6.45, 7) is 6.11. The van der Waals surface area contributed by atoms with Crippen molar-refractivity contribution >= 4 is 11.6 Å². The fraction of sp³-hybridized carbons (Fsp3) is 1.00. The Balaban J connectivity index is 3.12. The number of ether oxygens (including phenoxy) is 1. The zero-order valence-electron chi connectivity index (χ0n) is 8.98. The van der Waals surface area contributed by atoms with E-state index >= 15 is 0 Å². The minimum absolute atomic E-state index is 0.302. The Morgan fingerprint density at radius 2 is 2.00 bits per heavy atom. The molecule has 0 aliphatic rings. The molecule has 0 aromatic heterocycles. The molecule has 0 spiro atoms. The summed E-state index contributed by atoms with van der Waals surface area (Å²) in [7, 11) is 1.74. The number of hydrogen-bond acceptors (Lipinski definition) is 2. The standard InChI is InChI=1S/C10H22ClNO/c1-9(11)5-4-7-12-10(2)6-8-13-3/h9-10,12H,4-8H2,1-3H3. The van der Waals surface area contributed by atoms with Gasteiger partial charge in [0.1, 0.15) is 0 Å². The lowest BCUT2D eigenvalue weighted by Crippen LogP contribution is -2.28. The summed E-state index contributed by atoms with van der Waals surface area (Å²) in [6, 6.07) is 0.547. The smallest absolute Gasteiger partial charge is 0.0476 e. The van der Waals surface area contributed by atoms with Gasteiger partial charge in [-0.1, -0.05) is 0 Å². The lowest BCUT2D eigenvalue weighted by atomic mass is 10.2. The number of methoxy groups -OCH3 is 1. The Morgan fingerprint density at radius 3 is 2.54 bits per heavy atom. The van der Waals surface area contributed by atoms with Crippen molar-refractivity contribution in [3.63, 3.8) is 0 Å². The molecule has 80 valence electrons. The van der Waals surface area contributed by atoms with Crippen LogP contribution >= 0.6 is 11.6 Å². The van der Waals surface area contributed by atoms with Crippen molar-refractivity contribution < 1.29 is 4.74 Å². The van der Waals surface area contributed by atoms with Crippen LogP contribution in [0.1, 0.15) is 33.1 Å². The van der Waals surface area contributed by atoms with E-state index in [0.29, 0.717) is 11.4 Å². The number of nitrogens with one attached hydrogen (secondary N) is 1. The lowest BCUT2D eigenvalue weighted by molar-refractivity contribution is 0.185. The summed E-state index contributed by atoms with van der Waals surface area (Å²) in [5.74, 6) is 0. The van der Waals surface area contributed by atoms with Gasteiger partial charge in [0.2, 0.25) is 0 Å². The Hall–Kier alpha value is 0.210. The van der Waals surface area contributed by atoms with Gasteiger partial charge in [-0.15, -0.1) is 11.6 Å². The largest absolute Gasteiger partial charge is 0.385 e. The maximum absolute atomic E-state index is 5.83. The molecule has 0 aromatic rings. The Kier molecular flexibility index (Phi) is 8.93. The highest BCUT2D eigenvalue weighted by atomic mass is 35.5. The molecule has 0 heterocycles. The normalized spacial score (nSPS) is 15.7. The molecule has 0 saturated carbocycles. The van der Waals surface area contributed by atoms with Gasteiger partial charge in [0.15, 0.2) is 0 Å². The molecule has 1 N–H and O–H groups in total. The molecular weight excluding hydrogens is 186 g/mol. The van der Waals surface area contributed by atoms with Crippen molar-refractivity contribution in [3.8, 4) is 0 Å². The number of hydrogen-bond donors (Lipinski definition) is 1. The Bertz CT molecular complexity index is 109. The minimum atomic E-state index is 0.302. The molecule has 2 atom stereocenters. The third-order valence-corrected chi connectivity index (χ3v) is 2.24. The van der Waals surface area contributed by atoms with Gasteiger partial charge in [0.05, 0.1) is 0 Å². The molecule has 0 radical (unpaired) electrons. The SMILES string of the molecule is COCCC(C)NCCCC(C)Cl. The second kappa shape index (κ2) is 8.79. The van der Waals surface area contributed by atoms with Gasteiger partial charge in [-0.2, -0.15) is 0 Å². The van der Waals surface area contributed by atoms with Gasteiger partial charge < -0.3 is 10.1 Å². The maximum atomic E-state index is 5.83. The predicted molar refractivity (Wildman–Crippen MR) is 58.5 cm³/mol. The molecule has 0 fully saturated rings. The third-order valence-electron chi connectivity index (χ3n) is 2.03. The molecule has 0 aromatic carbocycles. The van der Waals surface area contributed by atoms with Gasteiger partial charge in [-0.05, 0) is 39.7 Å². The van der Waals surface area contributed by atoms with Crippen LogP contribution in [0.3, 0.4) is 0 Å². The number of rotatable bonds is 8. The van der Waals surface area contributed by atoms with Crippen LogP contribution in [-0.4, -0.2) is 31.7 Å². The number of halogens is 1. The van der Waals surface area contributed by atoms with Crippen LogP contribution < -0.4 is 5.32 Å². The van der Waals surface area contributed by atoms with Crippen LogP contribution in [0, 0.1) is 0 Å². The van der Waals surface area contributed by atoms with Gasteiger partial charge in [0.25, 0.3) is 0 Å². The summed E-state index contributed by atoms with van der Waals surface area (Å²) in [4.78, 5) is 0. The van der Waals surface area contributed by atoms with Crippen LogP contribution in [-0.2, 0) is 4.74 Å². The lowest BCUT2D eigenvalue weighted by Gasteiger charge is -2.13. The Labute approximate surface area is 87.0 Å². The Morgan fingerprint density at radius 1 is 1.31 bits per heavy atom. The second-order valence-electron chi connectivity index (χ2n) is 3.56. The van der Waals surface area contributed by atoms with Crippen LogP contribution in [0.15, 0.2) is 0 Å². The van der Waals surface area contributed by atoms with E-state index in [0.717, 1.165) is 32.4 Å². The first-order valence-corrected chi connectivity index (χ1v) is 5.47. The maximum Gasteiger partial charge on any atom is 0.0476 e. The van der Waals surface area contributed by atoms with E-state index in [9.17, 15) is 0 Å². The average Bonchev–Trinajstić information content (AvgIpc) is 2.08. The summed E-state index contributed by atoms with van der Waals surface area (Å²) in [5.41, 5.74) is 0. The molecule has 0 bridgehead atoms. The van der Waals surface area contributed by atoms with Gasteiger partial charge in [-0.25, -0.2) is 0 Å². The van der Waals surface area contributed by atoms with E-state index in [2.05, 4.69) is 12.2 Å². The van der Waals surface area contributed by atoms with Crippen LogP contribution in [0.25, 0.3) is 0 Å². The zero-order chi connectivity index (χ0) is 10.1. The summed E-state index contributed by atoms with van der Waals surface area (Å²) in [5, 5.41) is 3.74. The second-order valence-corrected chi connectivity index (χ2v) is 4.30. The van der Waals surface area contributed by atoms with Crippen molar-refractivity contribution in [3.05, 3.63) is 0 Å². The molecule has 13 heavy (non-hydrogen) atoms. The minimum Gasteiger partial charge on any atom is -0.385 e. The molecule has 0 aliphatic heterocycles. The third kappa shape index (κ3) is 10.1. The highest BCUT2D eigenvalue weighted by molar-refractivity contribution is 6.20.